The van der Waals surface area contributed by atoms with E-state index in [1.54, 1.807) is 0 Å². The minimum Gasteiger partial charge on any atom is -0.414 e. The fourth-order valence-electron chi connectivity index (χ4n) is 0.818. The van der Waals surface area contributed by atoms with Crippen LogP contribution >= 0.6 is 0 Å². The van der Waals surface area contributed by atoms with E-state index in [9.17, 15) is 4.39 Å². The highest BCUT2D eigenvalue weighted by Crippen LogP contribution is 2.10. The van der Waals surface area contributed by atoms with Gasteiger partial charge in [-0.25, -0.2) is 0 Å². The summed E-state index contributed by atoms with van der Waals surface area (Å²) < 4.78 is 17.0. The molecular weight excluding hydrogens is 123 g/mol. The largest absolute Gasteiger partial charge is 0.414 e. The zero-order chi connectivity index (χ0) is 5.82. The molecule has 1 heterocycles. The monoisotopic (exact) mass is 133 g/mol. The van der Waals surface area contributed by atoms with Crippen LogP contribution in [-0.2, 0) is 4.43 Å². The Bertz CT molecular complexity index is 63.4. The molecule has 1 aliphatic rings. The Morgan fingerprint density at radius 3 is 2.75 bits per heavy atom. The topological polar surface area (TPSA) is 9.23 Å². The van der Waals surface area contributed by atoms with Crippen LogP contribution in [0.5, 0.6) is 0 Å². The quantitative estimate of drug-likeness (QED) is 0.490. The van der Waals surface area contributed by atoms with E-state index in [-0.39, 0.29) is 6.30 Å². The smallest absolute Gasteiger partial charge is 0.243 e. The number of alkyl halides is 1. The van der Waals surface area contributed by atoms with E-state index in [1.807, 2.05) is 0 Å². The van der Waals surface area contributed by atoms with Crippen molar-refractivity contribution in [2.75, 3.05) is 12.9 Å². The molecule has 47 valence electrons. The highest BCUT2D eigenvalue weighted by molar-refractivity contribution is 6.51. The molecule has 0 aromatic rings. The molecular formula is C5H10FOSi. The van der Waals surface area contributed by atoms with E-state index < -0.39 is 9.04 Å². The number of hydrogen-bond acceptors (Lipinski definition) is 1. The number of halogens is 1. The lowest BCUT2D eigenvalue weighted by Crippen LogP contribution is -2.25. The lowest BCUT2D eigenvalue weighted by Gasteiger charge is -2.16. The van der Waals surface area contributed by atoms with Crippen molar-refractivity contribution in [3.63, 3.8) is 0 Å². The second kappa shape index (κ2) is 3.20. The Morgan fingerprint density at radius 1 is 1.50 bits per heavy atom. The van der Waals surface area contributed by atoms with Gasteiger partial charge in [0.1, 0.15) is 6.30 Å². The van der Waals surface area contributed by atoms with E-state index in [2.05, 4.69) is 0 Å². The first-order valence-corrected chi connectivity index (χ1v) is 4.79. The zero-order valence-corrected chi connectivity index (χ0v) is 5.82. The molecule has 0 aromatic heterocycles. The summed E-state index contributed by atoms with van der Waals surface area (Å²) >= 11 is 0. The summed E-state index contributed by atoms with van der Waals surface area (Å²) in [6, 6.07) is 1.02. The first-order valence-electron chi connectivity index (χ1n) is 2.97. The molecule has 1 rings (SSSR count). The third-order valence-corrected chi connectivity index (χ3v) is 3.13. The van der Waals surface area contributed by atoms with Crippen molar-refractivity contribution in [2.45, 2.75) is 18.9 Å². The van der Waals surface area contributed by atoms with E-state index in [4.69, 9.17) is 4.43 Å². The summed E-state index contributed by atoms with van der Waals surface area (Å²) in [5.41, 5.74) is 0. The van der Waals surface area contributed by atoms with Gasteiger partial charge < -0.3 is 4.43 Å². The first-order chi connectivity index (χ1) is 3.93. The SMILES string of the molecule is FC[Si]1CCCCO1. The Kier molecular flexibility index (Phi) is 2.49. The van der Waals surface area contributed by atoms with Gasteiger partial charge in [-0.15, -0.1) is 0 Å². The Balaban J connectivity index is 2.13. The maximum absolute atomic E-state index is 11.8. The Hall–Kier alpha value is 0.107. The molecule has 0 spiro atoms. The normalized spacial score (nSPS) is 23.6. The van der Waals surface area contributed by atoms with Gasteiger partial charge >= 0.3 is 0 Å². The summed E-state index contributed by atoms with van der Waals surface area (Å²) in [5, 5.41) is 0. The van der Waals surface area contributed by atoms with Crippen LogP contribution in [0.2, 0.25) is 6.04 Å². The minimum atomic E-state index is -0.954. The van der Waals surface area contributed by atoms with Gasteiger partial charge in [-0.2, -0.15) is 0 Å². The van der Waals surface area contributed by atoms with Gasteiger partial charge in [0.15, 0.2) is 0 Å². The molecule has 1 saturated heterocycles. The molecule has 3 heteroatoms. The van der Waals surface area contributed by atoms with Crippen LogP contribution in [0.3, 0.4) is 0 Å². The molecule has 1 fully saturated rings. The lowest BCUT2D eigenvalue weighted by molar-refractivity contribution is 0.276. The van der Waals surface area contributed by atoms with E-state index in [0.29, 0.717) is 0 Å². The van der Waals surface area contributed by atoms with Gasteiger partial charge in [-0.05, 0) is 12.5 Å². The summed E-state index contributed by atoms with van der Waals surface area (Å²) in [4.78, 5) is 0. The van der Waals surface area contributed by atoms with Crippen LogP contribution in [0.4, 0.5) is 4.39 Å². The van der Waals surface area contributed by atoms with E-state index >= 15 is 0 Å². The second-order valence-electron chi connectivity index (χ2n) is 1.98. The van der Waals surface area contributed by atoms with Crippen molar-refractivity contribution in [3.05, 3.63) is 0 Å². The van der Waals surface area contributed by atoms with Crippen LogP contribution in [0.15, 0.2) is 0 Å². The zero-order valence-electron chi connectivity index (χ0n) is 4.82. The van der Waals surface area contributed by atoms with Crippen LogP contribution in [0.1, 0.15) is 12.8 Å². The van der Waals surface area contributed by atoms with Crippen LogP contribution in [-0.4, -0.2) is 21.9 Å². The summed E-state index contributed by atoms with van der Waals surface area (Å²) in [6.45, 7) is 0.804. The fraction of sp³-hybridized carbons (Fsp3) is 1.00. The third-order valence-electron chi connectivity index (χ3n) is 1.31. The lowest BCUT2D eigenvalue weighted by atomic mass is 10.4. The molecule has 0 N–H and O–H groups in total. The second-order valence-corrected chi connectivity index (χ2v) is 4.11. The van der Waals surface area contributed by atoms with Crippen molar-refractivity contribution in [1.82, 2.24) is 0 Å². The standard InChI is InChI=1S/C5H10FOSi/c6-5-8-4-2-1-3-7-8/h1-5H2. The molecule has 0 amide bonds. The molecule has 1 aliphatic heterocycles. The minimum absolute atomic E-state index is 0.204. The molecule has 0 unspecified atom stereocenters. The van der Waals surface area contributed by atoms with Gasteiger partial charge in [-0.3, -0.25) is 4.39 Å². The van der Waals surface area contributed by atoms with Gasteiger partial charge in [0.25, 0.3) is 0 Å². The Morgan fingerprint density at radius 2 is 2.38 bits per heavy atom. The average molecular weight is 133 g/mol. The van der Waals surface area contributed by atoms with Crippen LogP contribution < -0.4 is 0 Å². The van der Waals surface area contributed by atoms with Crippen molar-refractivity contribution in [3.8, 4) is 0 Å². The molecule has 0 atom stereocenters. The fourth-order valence-corrected chi connectivity index (χ4v) is 2.25. The van der Waals surface area contributed by atoms with Crippen molar-refractivity contribution in [2.24, 2.45) is 0 Å². The predicted molar refractivity (Wildman–Crippen MR) is 31.7 cm³/mol. The maximum atomic E-state index is 11.8. The molecule has 0 aliphatic carbocycles. The van der Waals surface area contributed by atoms with Crippen molar-refractivity contribution < 1.29 is 8.82 Å². The molecule has 0 aromatic carbocycles. The van der Waals surface area contributed by atoms with Crippen molar-refractivity contribution >= 4 is 9.04 Å². The van der Waals surface area contributed by atoms with E-state index in [1.165, 1.54) is 6.42 Å². The van der Waals surface area contributed by atoms with Gasteiger partial charge in [0, 0.05) is 6.61 Å². The third kappa shape index (κ3) is 1.56. The molecule has 0 saturated carbocycles. The van der Waals surface area contributed by atoms with Gasteiger partial charge in [-0.1, -0.05) is 6.42 Å². The maximum Gasteiger partial charge on any atom is 0.243 e. The van der Waals surface area contributed by atoms with Crippen LogP contribution in [0, 0.1) is 0 Å². The van der Waals surface area contributed by atoms with Gasteiger partial charge in [0.2, 0.25) is 9.04 Å². The number of rotatable bonds is 1. The summed E-state index contributed by atoms with van der Waals surface area (Å²) in [7, 11) is -0.954. The highest BCUT2D eigenvalue weighted by Gasteiger charge is 2.15. The molecule has 8 heavy (non-hydrogen) atoms. The summed E-state index contributed by atoms with van der Waals surface area (Å²) in [6.07, 6.45) is 2.11. The van der Waals surface area contributed by atoms with Crippen LogP contribution in [0.25, 0.3) is 0 Å². The number of hydrogen-bond donors (Lipinski definition) is 0. The average Bonchev–Trinajstić information content (AvgIpc) is 1.90. The molecule has 1 radical (unpaired) electrons. The Labute approximate surface area is 50.6 Å². The van der Waals surface area contributed by atoms with Gasteiger partial charge in [0.05, 0.1) is 0 Å². The van der Waals surface area contributed by atoms with Crippen molar-refractivity contribution in [1.29, 1.82) is 0 Å². The predicted octanol–water partition coefficient (Wildman–Crippen LogP) is 1.30. The first kappa shape index (κ1) is 6.23. The highest BCUT2D eigenvalue weighted by atomic mass is 28.3. The summed E-state index contributed by atoms with van der Waals surface area (Å²) in [5.74, 6) is 0. The molecule has 0 bridgehead atoms. The van der Waals surface area contributed by atoms with E-state index in [0.717, 1.165) is 19.1 Å². The molecule has 1 nitrogen and oxygen atoms in total.